The van der Waals surface area contributed by atoms with E-state index in [1.807, 2.05) is 50.3 Å². The summed E-state index contributed by atoms with van der Waals surface area (Å²) in [5.74, 6) is -0.558. The van der Waals surface area contributed by atoms with E-state index in [9.17, 15) is 9.59 Å². The van der Waals surface area contributed by atoms with Gasteiger partial charge in [0.15, 0.2) is 12.3 Å². The standard InChI is InChI=1S/C29H34N4O4/c1-5-23(18-22(4)24-10-7-6-8-11-24)19-31-14-16-32(17-15-31)25-12-9-13-26-27(25)37-29(35)33(26)20-36-28(34)30-21(2)3/h5-13,18,21H,1,4,14-17,19-20H2,2-3H3,(H,30,34)/b23-18+. The number of piperazine rings is 1. The molecule has 8 nitrogen and oxygen atoms in total. The molecule has 37 heavy (non-hydrogen) atoms. The SMILES string of the molecule is C=C/C(=C\C(=C)c1ccccc1)CN1CCN(c2cccc3c2oc(=O)n3COC(=O)NC(C)C)CC1. The quantitative estimate of drug-likeness (QED) is 0.430. The van der Waals surface area contributed by atoms with Crippen LogP contribution >= 0.6 is 0 Å². The van der Waals surface area contributed by atoms with Gasteiger partial charge in [0.1, 0.15) is 0 Å². The Balaban J connectivity index is 1.41. The predicted octanol–water partition coefficient (Wildman–Crippen LogP) is 4.63. The number of hydrogen-bond donors (Lipinski definition) is 1. The van der Waals surface area contributed by atoms with Gasteiger partial charge in [-0.15, -0.1) is 0 Å². The minimum Gasteiger partial charge on any atom is -0.428 e. The monoisotopic (exact) mass is 502 g/mol. The van der Waals surface area contributed by atoms with E-state index in [0.29, 0.717) is 11.1 Å². The van der Waals surface area contributed by atoms with Gasteiger partial charge < -0.3 is 19.4 Å². The number of rotatable bonds is 9. The van der Waals surface area contributed by atoms with Gasteiger partial charge in [0.05, 0.1) is 11.2 Å². The summed E-state index contributed by atoms with van der Waals surface area (Å²) in [7, 11) is 0. The molecule has 2 aromatic carbocycles. The molecule has 1 aliphatic rings. The first-order valence-corrected chi connectivity index (χ1v) is 12.5. The molecular formula is C29H34N4O4. The zero-order valence-electron chi connectivity index (χ0n) is 21.5. The fourth-order valence-corrected chi connectivity index (χ4v) is 4.38. The molecule has 1 N–H and O–H groups in total. The Labute approximate surface area is 217 Å². The van der Waals surface area contributed by atoms with E-state index in [-0.39, 0.29) is 12.8 Å². The average molecular weight is 503 g/mol. The number of oxazole rings is 1. The van der Waals surface area contributed by atoms with Crippen LogP contribution in [0.1, 0.15) is 19.4 Å². The minimum atomic E-state index is -0.580. The molecule has 1 fully saturated rings. The molecule has 1 aliphatic heterocycles. The summed E-state index contributed by atoms with van der Waals surface area (Å²) in [5.41, 5.74) is 5.13. The average Bonchev–Trinajstić information content (AvgIpc) is 3.22. The number of nitrogens with zero attached hydrogens (tertiary/aromatic N) is 3. The number of alkyl carbamates (subject to hydrolysis) is 1. The molecule has 194 valence electrons. The highest BCUT2D eigenvalue weighted by Gasteiger charge is 2.22. The number of ether oxygens (including phenoxy) is 1. The van der Waals surface area contributed by atoms with Crippen molar-refractivity contribution < 1.29 is 13.9 Å². The number of nitrogens with one attached hydrogen (secondary N) is 1. The molecule has 2 heterocycles. The molecule has 0 bridgehead atoms. The molecule has 0 radical (unpaired) electrons. The lowest BCUT2D eigenvalue weighted by Crippen LogP contribution is -2.46. The third-order valence-corrected chi connectivity index (χ3v) is 6.29. The van der Waals surface area contributed by atoms with Gasteiger partial charge in [-0.2, -0.15) is 0 Å². The zero-order valence-corrected chi connectivity index (χ0v) is 21.5. The topological polar surface area (TPSA) is 79.9 Å². The number of hydrogen-bond acceptors (Lipinski definition) is 6. The van der Waals surface area contributed by atoms with Crippen LogP contribution in [0.15, 0.2) is 88.6 Å². The number of benzene rings is 2. The Hall–Kier alpha value is -4.04. The van der Waals surface area contributed by atoms with Crippen LogP contribution in [0.3, 0.4) is 0 Å². The second-order valence-electron chi connectivity index (χ2n) is 9.36. The van der Waals surface area contributed by atoms with Gasteiger partial charge in [0.2, 0.25) is 0 Å². The predicted molar refractivity (Wildman–Crippen MR) is 148 cm³/mol. The van der Waals surface area contributed by atoms with Crippen molar-refractivity contribution in [3.8, 4) is 0 Å². The Morgan fingerprint density at radius 3 is 2.51 bits per heavy atom. The van der Waals surface area contributed by atoms with Crippen LogP contribution in [-0.2, 0) is 11.5 Å². The van der Waals surface area contributed by atoms with Gasteiger partial charge in [-0.25, -0.2) is 14.2 Å². The third-order valence-electron chi connectivity index (χ3n) is 6.29. The summed E-state index contributed by atoms with van der Waals surface area (Å²) in [5, 5.41) is 2.64. The molecule has 0 spiro atoms. The molecule has 1 aromatic heterocycles. The van der Waals surface area contributed by atoms with Crippen molar-refractivity contribution in [1.29, 1.82) is 0 Å². The number of allylic oxidation sites excluding steroid dienone is 2. The summed E-state index contributed by atoms with van der Waals surface area (Å²) in [4.78, 5) is 29.0. The number of aromatic nitrogens is 1. The maximum atomic E-state index is 12.5. The van der Waals surface area contributed by atoms with E-state index >= 15 is 0 Å². The van der Waals surface area contributed by atoms with Crippen molar-refractivity contribution in [2.75, 3.05) is 37.6 Å². The maximum Gasteiger partial charge on any atom is 0.422 e. The Morgan fingerprint density at radius 2 is 1.84 bits per heavy atom. The van der Waals surface area contributed by atoms with E-state index in [1.165, 1.54) is 4.57 Å². The second kappa shape index (κ2) is 11.8. The van der Waals surface area contributed by atoms with E-state index in [1.54, 1.807) is 6.07 Å². The van der Waals surface area contributed by atoms with Crippen LogP contribution in [0.4, 0.5) is 10.5 Å². The summed E-state index contributed by atoms with van der Waals surface area (Å²) >= 11 is 0. The van der Waals surface area contributed by atoms with Crippen LogP contribution in [0.5, 0.6) is 0 Å². The summed E-state index contributed by atoms with van der Waals surface area (Å²) in [6.07, 6.45) is 3.40. The van der Waals surface area contributed by atoms with Gasteiger partial charge in [0.25, 0.3) is 0 Å². The first kappa shape index (κ1) is 26.0. The Morgan fingerprint density at radius 1 is 1.11 bits per heavy atom. The molecule has 1 amide bonds. The lowest BCUT2D eigenvalue weighted by atomic mass is 10.0. The third kappa shape index (κ3) is 6.40. The highest BCUT2D eigenvalue weighted by atomic mass is 16.6. The van der Waals surface area contributed by atoms with Crippen molar-refractivity contribution in [2.24, 2.45) is 0 Å². The normalized spacial score (nSPS) is 14.7. The van der Waals surface area contributed by atoms with E-state index < -0.39 is 11.8 Å². The molecule has 0 unspecified atom stereocenters. The summed E-state index contributed by atoms with van der Waals surface area (Å²) in [6, 6.07) is 15.7. The fourth-order valence-electron chi connectivity index (χ4n) is 4.38. The van der Waals surface area contributed by atoms with Gasteiger partial charge in [-0.05, 0) is 42.7 Å². The number of anilines is 1. The van der Waals surface area contributed by atoms with Gasteiger partial charge in [-0.1, -0.05) is 61.7 Å². The molecule has 8 heteroatoms. The Kier molecular flexibility index (Phi) is 8.30. The van der Waals surface area contributed by atoms with Crippen molar-refractivity contribution in [3.05, 3.63) is 95.5 Å². The van der Waals surface area contributed by atoms with Crippen molar-refractivity contribution in [3.63, 3.8) is 0 Å². The number of fused-ring (bicyclic) bond motifs is 1. The van der Waals surface area contributed by atoms with Gasteiger partial charge >= 0.3 is 11.8 Å². The second-order valence-corrected chi connectivity index (χ2v) is 9.36. The number of carbonyl (C=O) groups excluding carboxylic acids is 1. The smallest absolute Gasteiger partial charge is 0.422 e. The van der Waals surface area contributed by atoms with Crippen molar-refractivity contribution in [2.45, 2.75) is 26.6 Å². The van der Waals surface area contributed by atoms with Crippen LogP contribution in [0, 0.1) is 0 Å². The molecule has 1 saturated heterocycles. The lowest BCUT2D eigenvalue weighted by molar-refractivity contribution is 0.110. The number of amides is 1. The minimum absolute atomic E-state index is 0.0590. The molecule has 0 atom stereocenters. The summed E-state index contributed by atoms with van der Waals surface area (Å²) in [6.45, 7) is 15.7. The van der Waals surface area contributed by atoms with Crippen LogP contribution in [0.2, 0.25) is 0 Å². The largest absolute Gasteiger partial charge is 0.428 e. The number of para-hydroxylation sites is 1. The van der Waals surface area contributed by atoms with Crippen LogP contribution in [-0.4, -0.2) is 54.3 Å². The zero-order chi connectivity index (χ0) is 26.4. The van der Waals surface area contributed by atoms with Crippen molar-refractivity contribution in [1.82, 2.24) is 14.8 Å². The molecule has 4 rings (SSSR count). The summed E-state index contributed by atoms with van der Waals surface area (Å²) < 4.78 is 12.1. The van der Waals surface area contributed by atoms with Crippen LogP contribution in [0.25, 0.3) is 16.7 Å². The lowest BCUT2D eigenvalue weighted by Gasteiger charge is -2.36. The fraction of sp³-hybridized carbons (Fsp3) is 0.310. The molecule has 0 saturated carbocycles. The van der Waals surface area contributed by atoms with E-state index in [2.05, 4.69) is 46.5 Å². The highest BCUT2D eigenvalue weighted by Crippen LogP contribution is 2.27. The maximum absolute atomic E-state index is 12.5. The molecule has 0 aliphatic carbocycles. The van der Waals surface area contributed by atoms with E-state index in [0.717, 1.165) is 55.1 Å². The Bertz CT molecular complexity index is 1350. The molecule has 3 aromatic rings. The molecular weight excluding hydrogens is 468 g/mol. The first-order valence-electron chi connectivity index (χ1n) is 12.5. The van der Waals surface area contributed by atoms with Gasteiger partial charge in [0, 0.05) is 38.8 Å². The number of carbonyl (C=O) groups is 1. The van der Waals surface area contributed by atoms with Gasteiger partial charge in [-0.3, -0.25) is 4.90 Å². The highest BCUT2D eigenvalue weighted by molar-refractivity contribution is 5.87. The van der Waals surface area contributed by atoms with Crippen LogP contribution < -0.4 is 16.0 Å². The first-order chi connectivity index (χ1) is 17.9. The van der Waals surface area contributed by atoms with E-state index in [4.69, 9.17) is 9.15 Å². The van der Waals surface area contributed by atoms with Crippen molar-refractivity contribution >= 4 is 28.5 Å².